The fraction of sp³-hybridized carbons (Fsp3) is 0.0612. The van der Waals surface area contributed by atoms with Gasteiger partial charge in [-0.25, -0.2) is 0 Å². The zero-order valence-electron chi connectivity index (χ0n) is 27.9. The van der Waals surface area contributed by atoms with E-state index in [1.165, 1.54) is 93.0 Å². The molecule has 0 saturated heterocycles. The molecule has 0 atom stereocenters. The molecule has 0 bridgehead atoms. The van der Waals surface area contributed by atoms with Crippen molar-refractivity contribution in [2.45, 2.75) is 19.3 Å². The molecule has 0 unspecified atom stereocenters. The molecular formula is C49H32O. The van der Waals surface area contributed by atoms with E-state index in [1.807, 2.05) is 0 Å². The minimum atomic E-state index is -0.185. The van der Waals surface area contributed by atoms with Gasteiger partial charge in [-0.2, -0.15) is 0 Å². The van der Waals surface area contributed by atoms with E-state index in [0.717, 1.165) is 16.6 Å². The van der Waals surface area contributed by atoms with Crippen molar-refractivity contribution in [3.63, 3.8) is 0 Å². The molecule has 234 valence electrons. The van der Waals surface area contributed by atoms with Gasteiger partial charge in [0.05, 0.1) is 0 Å². The number of rotatable bonds is 2. The Hall–Kier alpha value is -6.18. The molecule has 11 rings (SSSR count). The van der Waals surface area contributed by atoms with Crippen molar-refractivity contribution in [3.05, 3.63) is 169 Å². The predicted octanol–water partition coefficient (Wildman–Crippen LogP) is 13.8. The molecule has 10 aromatic rings. The Bertz CT molecular complexity index is 3010. The van der Waals surface area contributed by atoms with Crippen molar-refractivity contribution in [3.8, 4) is 33.4 Å². The molecule has 0 saturated carbocycles. The number of fused-ring (bicyclic) bond motifs is 12. The standard InChI is InChI=1S/C49H32O/c1-49(2)42-25-22-33(28-41(42)39-24-26-43-46(47(39)49)40-23-21-30-12-5-6-14-34(30)48(40)50-43)45-37-17-9-7-15-35(37)44(36-16-8-10-18-38(36)45)32-20-19-29-11-3-4-13-31(29)27-32/h3-28H,1-2H3. The van der Waals surface area contributed by atoms with E-state index in [9.17, 15) is 0 Å². The summed E-state index contributed by atoms with van der Waals surface area (Å²) in [6.07, 6.45) is 0. The van der Waals surface area contributed by atoms with E-state index in [4.69, 9.17) is 4.42 Å². The van der Waals surface area contributed by atoms with Gasteiger partial charge < -0.3 is 4.42 Å². The van der Waals surface area contributed by atoms with E-state index >= 15 is 0 Å². The summed E-state index contributed by atoms with van der Waals surface area (Å²) in [5, 5.41) is 12.4. The van der Waals surface area contributed by atoms with Crippen LogP contribution in [0.1, 0.15) is 25.0 Å². The molecule has 0 spiro atoms. The molecule has 0 N–H and O–H groups in total. The lowest BCUT2D eigenvalue weighted by Crippen LogP contribution is -2.15. The Morgan fingerprint density at radius 3 is 1.68 bits per heavy atom. The van der Waals surface area contributed by atoms with Crippen LogP contribution in [0.25, 0.3) is 98.4 Å². The maximum absolute atomic E-state index is 6.64. The van der Waals surface area contributed by atoms with Crippen molar-refractivity contribution in [1.29, 1.82) is 0 Å². The maximum Gasteiger partial charge on any atom is 0.143 e. The average molecular weight is 637 g/mol. The van der Waals surface area contributed by atoms with Crippen molar-refractivity contribution >= 4 is 65.0 Å². The minimum absolute atomic E-state index is 0.185. The Morgan fingerprint density at radius 2 is 0.980 bits per heavy atom. The third kappa shape index (κ3) is 3.67. The molecule has 1 aliphatic rings. The van der Waals surface area contributed by atoms with Crippen LogP contribution < -0.4 is 0 Å². The summed E-state index contributed by atoms with van der Waals surface area (Å²) in [7, 11) is 0. The van der Waals surface area contributed by atoms with Crippen LogP contribution >= 0.6 is 0 Å². The van der Waals surface area contributed by atoms with Crippen molar-refractivity contribution in [1.82, 2.24) is 0 Å². The molecule has 0 aliphatic heterocycles. The van der Waals surface area contributed by atoms with Crippen LogP contribution in [-0.2, 0) is 5.41 Å². The summed E-state index contributed by atoms with van der Waals surface area (Å²) in [6.45, 7) is 4.75. The second-order valence-electron chi connectivity index (χ2n) is 14.4. The first-order valence-electron chi connectivity index (χ1n) is 17.5. The van der Waals surface area contributed by atoms with Gasteiger partial charge in [-0.05, 0) is 106 Å². The van der Waals surface area contributed by atoms with E-state index in [2.05, 4.69) is 172 Å². The SMILES string of the molecule is CC1(C)c2ccc(-c3c4ccccc4c(-c4ccc5ccccc5c4)c4ccccc34)cc2-c2ccc3oc4c5ccccc5ccc4c3c21. The monoisotopic (exact) mass is 636 g/mol. The van der Waals surface area contributed by atoms with Gasteiger partial charge in [0.25, 0.3) is 0 Å². The number of hydrogen-bond donors (Lipinski definition) is 0. The molecule has 1 aromatic heterocycles. The molecule has 50 heavy (non-hydrogen) atoms. The lowest BCUT2D eigenvalue weighted by molar-refractivity contribution is 0.658. The first kappa shape index (κ1) is 27.7. The number of benzene rings is 9. The molecule has 0 radical (unpaired) electrons. The van der Waals surface area contributed by atoms with Gasteiger partial charge in [0.15, 0.2) is 0 Å². The Morgan fingerprint density at radius 1 is 0.420 bits per heavy atom. The number of furan rings is 1. The smallest absolute Gasteiger partial charge is 0.143 e. The fourth-order valence-electron chi connectivity index (χ4n) is 9.17. The molecular weight excluding hydrogens is 605 g/mol. The zero-order valence-corrected chi connectivity index (χ0v) is 27.9. The van der Waals surface area contributed by atoms with Crippen LogP contribution in [0, 0.1) is 0 Å². The molecule has 1 nitrogen and oxygen atoms in total. The molecule has 9 aromatic carbocycles. The minimum Gasteiger partial charge on any atom is -0.455 e. The molecule has 0 amide bonds. The molecule has 1 aliphatic carbocycles. The third-order valence-electron chi connectivity index (χ3n) is 11.4. The number of hydrogen-bond acceptors (Lipinski definition) is 1. The highest BCUT2D eigenvalue weighted by Crippen LogP contribution is 2.55. The summed E-state index contributed by atoms with van der Waals surface area (Å²) in [4.78, 5) is 0. The Balaban J connectivity index is 1.17. The highest BCUT2D eigenvalue weighted by atomic mass is 16.3. The molecule has 0 fully saturated rings. The highest BCUT2D eigenvalue weighted by Gasteiger charge is 2.38. The quantitative estimate of drug-likeness (QED) is 0.172. The Labute approximate surface area is 290 Å². The van der Waals surface area contributed by atoms with Crippen LogP contribution in [0.4, 0.5) is 0 Å². The molecule has 1 heterocycles. The van der Waals surface area contributed by atoms with Gasteiger partial charge in [0, 0.05) is 21.6 Å². The van der Waals surface area contributed by atoms with Crippen molar-refractivity contribution in [2.75, 3.05) is 0 Å². The van der Waals surface area contributed by atoms with Crippen molar-refractivity contribution in [2.24, 2.45) is 0 Å². The van der Waals surface area contributed by atoms with E-state index in [1.54, 1.807) is 0 Å². The first-order chi connectivity index (χ1) is 24.6. The normalized spacial score (nSPS) is 13.6. The summed E-state index contributed by atoms with van der Waals surface area (Å²) >= 11 is 0. The largest absolute Gasteiger partial charge is 0.455 e. The maximum atomic E-state index is 6.64. The van der Waals surface area contributed by atoms with Gasteiger partial charge in [0.2, 0.25) is 0 Å². The van der Waals surface area contributed by atoms with Crippen LogP contribution in [-0.4, -0.2) is 0 Å². The second-order valence-corrected chi connectivity index (χ2v) is 14.4. The van der Waals surface area contributed by atoms with E-state index in [0.29, 0.717) is 0 Å². The summed E-state index contributed by atoms with van der Waals surface area (Å²) in [5.41, 5.74) is 12.2. The lowest BCUT2D eigenvalue weighted by Gasteiger charge is -2.23. The molecule has 1 heteroatoms. The Kier molecular flexibility index (Phi) is 5.51. The third-order valence-corrected chi connectivity index (χ3v) is 11.4. The zero-order chi connectivity index (χ0) is 33.1. The van der Waals surface area contributed by atoms with Gasteiger partial charge in [-0.15, -0.1) is 0 Å². The summed E-state index contributed by atoms with van der Waals surface area (Å²) < 4.78 is 6.64. The van der Waals surface area contributed by atoms with Gasteiger partial charge in [-0.1, -0.05) is 147 Å². The summed E-state index contributed by atoms with van der Waals surface area (Å²) in [6, 6.07) is 58.1. The first-order valence-corrected chi connectivity index (χ1v) is 17.5. The summed E-state index contributed by atoms with van der Waals surface area (Å²) in [5.74, 6) is 0. The van der Waals surface area contributed by atoms with E-state index in [-0.39, 0.29) is 5.41 Å². The highest BCUT2D eigenvalue weighted by molar-refractivity contribution is 6.22. The second kappa shape index (κ2) is 9.94. The fourth-order valence-corrected chi connectivity index (χ4v) is 9.17. The topological polar surface area (TPSA) is 13.1 Å². The predicted molar refractivity (Wildman–Crippen MR) is 212 cm³/mol. The van der Waals surface area contributed by atoms with Gasteiger partial charge in [0.1, 0.15) is 11.2 Å². The van der Waals surface area contributed by atoms with Gasteiger partial charge >= 0.3 is 0 Å². The lowest BCUT2D eigenvalue weighted by atomic mass is 9.80. The van der Waals surface area contributed by atoms with Crippen LogP contribution in [0.3, 0.4) is 0 Å². The van der Waals surface area contributed by atoms with E-state index < -0.39 is 0 Å². The average Bonchev–Trinajstić information content (AvgIpc) is 3.65. The van der Waals surface area contributed by atoms with Gasteiger partial charge in [-0.3, -0.25) is 0 Å². The van der Waals surface area contributed by atoms with Crippen LogP contribution in [0.5, 0.6) is 0 Å². The van der Waals surface area contributed by atoms with Crippen LogP contribution in [0.15, 0.2) is 162 Å². The van der Waals surface area contributed by atoms with Crippen LogP contribution in [0.2, 0.25) is 0 Å². The van der Waals surface area contributed by atoms with Crippen molar-refractivity contribution < 1.29 is 4.42 Å².